The minimum absolute atomic E-state index is 0.0691. The monoisotopic (exact) mass is 317 g/mol. The summed E-state index contributed by atoms with van der Waals surface area (Å²) < 4.78 is 0. The van der Waals surface area contributed by atoms with Crippen molar-refractivity contribution in [2.24, 2.45) is 0 Å². The summed E-state index contributed by atoms with van der Waals surface area (Å²) in [5.41, 5.74) is 3.03. The Kier molecular flexibility index (Phi) is 3.95. The number of hydrogen-bond donors (Lipinski definition) is 0. The molecule has 24 heavy (non-hydrogen) atoms. The fraction of sp³-hybridized carbons (Fsp3) is 0.250. The first kappa shape index (κ1) is 14.8. The molecule has 4 rings (SSSR count). The number of fused-ring (bicyclic) bond motifs is 1. The lowest BCUT2D eigenvalue weighted by Gasteiger charge is -2.27. The maximum Gasteiger partial charge on any atom is 0.256 e. The van der Waals surface area contributed by atoms with E-state index in [1.165, 1.54) is 6.42 Å². The summed E-state index contributed by atoms with van der Waals surface area (Å²) in [6.07, 6.45) is 3.34. The van der Waals surface area contributed by atoms with Gasteiger partial charge in [-0.2, -0.15) is 0 Å². The molecule has 0 N–H and O–H groups in total. The Morgan fingerprint density at radius 1 is 0.833 bits per heavy atom. The van der Waals surface area contributed by atoms with E-state index in [1.807, 2.05) is 59.5 Å². The Morgan fingerprint density at radius 3 is 2.33 bits per heavy atom. The van der Waals surface area contributed by atoms with Gasteiger partial charge in [0.25, 0.3) is 5.91 Å². The van der Waals surface area contributed by atoms with Crippen molar-refractivity contribution in [3.05, 3.63) is 60.2 Å². The highest BCUT2D eigenvalue weighted by molar-refractivity contribution is 6.10. The summed E-state index contributed by atoms with van der Waals surface area (Å²) in [7, 11) is 0. The molecule has 0 aliphatic carbocycles. The maximum atomic E-state index is 13.3. The first-order valence-electron chi connectivity index (χ1n) is 8.45. The summed E-state index contributed by atoms with van der Waals surface area (Å²) in [6, 6.07) is 17.6. The van der Waals surface area contributed by atoms with Crippen LogP contribution in [0.3, 0.4) is 0 Å². The third kappa shape index (κ3) is 2.64. The molecule has 0 saturated carbocycles. The number of nitrogens with zero attached hydrogens (tertiary/aromatic N) is 3. The van der Waals surface area contributed by atoms with Crippen molar-refractivity contribution in [1.29, 1.82) is 0 Å². The molecule has 0 atom stereocenters. The van der Waals surface area contributed by atoms with Crippen LogP contribution in [0.4, 0.5) is 0 Å². The number of benzene rings is 2. The van der Waals surface area contributed by atoms with E-state index in [2.05, 4.69) is 10.2 Å². The molecule has 1 saturated heterocycles. The van der Waals surface area contributed by atoms with Crippen LogP contribution in [0.5, 0.6) is 0 Å². The van der Waals surface area contributed by atoms with Gasteiger partial charge in [-0.05, 0) is 25.3 Å². The van der Waals surface area contributed by atoms with Crippen molar-refractivity contribution in [3.8, 4) is 11.3 Å². The van der Waals surface area contributed by atoms with E-state index >= 15 is 0 Å². The molecule has 2 aromatic carbocycles. The summed E-state index contributed by atoms with van der Waals surface area (Å²) in [5.74, 6) is 0.0691. The molecule has 1 aliphatic heterocycles. The molecule has 2 heterocycles. The van der Waals surface area contributed by atoms with Gasteiger partial charge in [0, 0.05) is 24.0 Å². The predicted octanol–water partition coefficient (Wildman–Crippen LogP) is 3.92. The third-order valence-electron chi connectivity index (χ3n) is 4.57. The summed E-state index contributed by atoms with van der Waals surface area (Å²) in [4.78, 5) is 15.2. The molecule has 0 bridgehead atoms. The van der Waals surface area contributed by atoms with Gasteiger partial charge in [0.1, 0.15) is 5.69 Å². The highest BCUT2D eigenvalue weighted by Gasteiger charge is 2.24. The Bertz CT molecular complexity index is 870. The Hall–Kier alpha value is -2.75. The number of hydrogen-bond acceptors (Lipinski definition) is 3. The fourth-order valence-corrected chi connectivity index (χ4v) is 3.32. The standard InChI is InChI=1S/C20H19N3O/c24-20(23-13-7-2-8-14-23)18-16-11-5-6-12-17(16)21-22-19(18)15-9-3-1-4-10-15/h1,3-6,9-12H,2,7-8,13-14H2. The smallest absolute Gasteiger partial charge is 0.256 e. The largest absolute Gasteiger partial charge is 0.339 e. The maximum absolute atomic E-state index is 13.3. The van der Waals surface area contributed by atoms with Crippen LogP contribution in [0.15, 0.2) is 54.6 Å². The van der Waals surface area contributed by atoms with Gasteiger partial charge < -0.3 is 4.90 Å². The molecule has 3 aromatic rings. The van der Waals surface area contributed by atoms with Crippen LogP contribution in [0.1, 0.15) is 29.6 Å². The van der Waals surface area contributed by atoms with Crippen molar-refractivity contribution in [3.63, 3.8) is 0 Å². The minimum Gasteiger partial charge on any atom is -0.339 e. The lowest BCUT2D eigenvalue weighted by molar-refractivity contribution is 0.0726. The van der Waals surface area contributed by atoms with E-state index < -0.39 is 0 Å². The highest BCUT2D eigenvalue weighted by atomic mass is 16.2. The fourth-order valence-electron chi connectivity index (χ4n) is 3.32. The number of rotatable bonds is 2. The zero-order chi connectivity index (χ0) is 16.4. The number of amides is 1. The van der Waals surface area contributed by atoms with Crippen LogP contribution < -0.4 is 0 Å². The van der Waals surface area contributed by atoms with E-state index in [1.54, 1.807) is 0 Å². The average Bonchev–Trinajstić information content (AvgIpc) is 2.68. The van der Waals surface area contributed by atoms with Gasteiger partial charge in [-0.3, -0.25) is 4.79 Å². The number of piperidine rings is 1. The van der Waals surface area contributed by atoms with Crippen molar-refractivity contribution in [2.45, 2.75) is 19.3 Å². The second-order valence-corrected chi connectivity index (χ2v) is 6.16. The molecular weight excluding hydrogens is 298 g/mol. The van der Waals surface area contributed by atoms with Crippen molar-refractivity contribution < 1.29 is 4.79 Å². The van der Waals surface area contributed by atoms with Crippen LogP contribution >= 0.6 is 0 Å². The second kappa shape index (κ2) is 6.40. The Morgan fingerprint density at radius 2 is 1.54 bits per heavy atom. The third-order valence-corrected chi connectivity index (χ3v) is 4.57. The zero-order valence-electron chi connectivity index (χ0n) is 13.5. The van der Waals surface area contributed by atoms with Gasteiger partial charge in [-0.1, -0.05) is 48.5 Å². The van der Waals surface area contributed by atoms with Gasteiger partial charge >= 0.3 is 0 Å². The average molecular weight is 317 g/mol. The number of aromatic nitrogens is 2. The predicted molar refractivity (Wildman–Crippen MR) is 94.7 cm³/mol. The molecule has 1 aromatic heterocycles. The minimum atomic E-state index is 0.0691. The van der Waals surface area contributed by atoms with E-state index in [-0.39, 0.29) is 5.91 Å². The SMILES string of the molecule is O=C(c1c(-c2ccccc2)nnc2ccccc12)N1CCCCC1. The second-order valence-electron chi connectivity index (χ2n) is 6.16. The van der Waals surface area contributed by atoms with Gasteiger partial charge in [0.15, 0.2) is 0 Å². The van der Waals surface area contributed by atoms with Crippen LogP contribution in [0.2, 0.25) is 0 Å². The molecule has 1 amide bonds. The molecular formula is C20H19N3O. The molecule has 1 aliphatic rings. The zero-order valence-corrected chi connectivity index (χ0v) is 13.5. The first-order valence-corrected chi connectivity index (χ1v) is 8.45. The van der Waals surface area contributed by atoms with E-state index in [9.17, 15) is 4.79 Å². The van der Waals surface area contributed by atoms with Crippen LogP contribution in [0.25, 0.3) is 22.2 Å². The normalized spacial score (nSPS) is 14.8. The topological polar surface area (TPSA) is 46.1 Å². The summed E-state index contributed by atoms with van der Waals surface area (Å²) in [6.45, 7) is 1.65. The Labute approximate surface area is 141 Å². The lowest BCUT2D eigenvalue weighted by atomic mass is 10.00. The van der Waals surface area contributed by atoms with Crippen LogP contribution in [0, 0.1) is 0 Å². The number of carbonyl (C=O) groups is 1. The molecule has 1 fully saturated rings. The molecule has 0 unspecified atom stereocenters. The van der Waals surface area contributed by atoms with E-state index in [0.717, 1.165) is 42.4 Å². The van der Waals surface area contributed by atoms with Crippen molar-refractivity contribution in [2.75, 3.05) is 13.1 Å². The Balaban J connectivity index is 1.91. The molecule has 4 heteroatoms. The molecule has 0 spiro atoms. The van der Waals surface area contributed by atoms with Crippen LogP contribution in [-0.2, 0) is 0 Å². The van der Waals surface area contributed by atoms with Gasteiger partial charge in [0.05, 0.1) is 11.1 Å². The quantitative estimate of drug-likeness (QED) is 0.719. The van der Waals surface area contributed by atoms with Crippen LogP contribution in [-0.4, -0.2) is 34.1 Å². The van der Waals surface area contributed by atoms with E-state index in [0.29, 0.717) is 11.3 Å². The first-order chi connectivity index (χ1) is 11.8. The summed E-state index contributed by atoms with van der Waals surface area (Å²) >= 11 is 0. The molecule has 0 radical (unpaired) electrons. The van der Waals surface area contributed by atoms with Crippen molar-refractivity contribution >= 4 is 16.8 Å². The molecule has 120 valence electrons. The van der Waals surface area contributed by atoms with Crippen molar-refractivity contribution in [1.82, 2.24) is 15.1 Å². The van der Waals surface area contributed by atoms with Gasteiger partial charge in [0.2, 0.25) is 0 Å². The number of carbonyl (C=O) groups excluding carboxylic acids is 1. The molecule has 4 nitrogen and oxygen atoms in total. The lowest BCUT2D eigenvalue weighted by Crippen LogP contribution is -2.36. The van der Waals surface area contributed by atoms with Gasteiger partial charge in [-0.15, -0.1) is 10.2 Å². The van der Waals surface area contributed by atoms with E-state index in [4.69, 9.17) is 0 Å². The van der Waals surface area contributed by atoms with Gasteiger partial charge in [-0.25, -0.2) is 0 Å². The summed E-state index contributed by atoms with van der Waals surface area (Å²) in [5, 5.41) is 9.60. The highest BCUT2D eigenvalue weighted by Crippen LogP contribution is 2.28. The number of likely N-dealkylation sites (tertiary alicyclic amines) is 1.